The van der Waals surface area contributed by atoms with Crippen molar-refractivity contribution >= 4 is 17.5 Å². The molecule has 1 atom stereocenters. The van der Waals surface area contributed by atoms with Gasteiger partial charge in [0.05, 0.1) is 12.8 Å². The third-order valence-electron chi connectivity index (χ3n) is 3.28. The number of anilines is 1. The van der Waals surface area contributed by atoms with Crippen LogP contribution in [0.4, 0.5) is 5.69 Å². The standard InChI is InChI=1S/C17H20N2O4/c1-11-7-12(2)9-13(8-11)19-17(21)16(20)18-10-15(22-3)14-5-4-6-23-14/h4-9,15H,10H2,1-3H3,(H,18,20)(H,19,21). The second-order valence-corrected chi connectivity index (χ2v) is 5.28. The number of carbonyl (C=O) groups excluding carboxylic acids is 2. The summed E-state index contributed by atoms with van der Waals surface area (Å²) in [6.07, 6.45) is 1.08. The Labute approximate surface area is 134 Å². The van der Waals surface area contributed by atoms with Crippen molar-refractivity contribution in [2.45, 2.75) is 20.0 Å². The van der Waals surface area contributed by atoms with Crippen molar-refractivity contribution in [2.75, 3.05) is 19.0 Å². The summed E-state index contributed by atoms with van der Waals surface area (Å²) >= 11 is 0. The molecule has 0 aliphatic heterocycles. The summed E-state index contributed by atoms with van der Waals surface area (Å²) < 4.78 is 10.5. The van der Waals surface area contributed by atoms with Gasteiger partial charge >= 0.3 is 11.8 Å². The second-order valence-electron chi connectivity index (χ2n) is 5.28. The van der Waals surface area contributed by atoms with E-state index in [-0.39, 0.29) is 6.54 Å². The fourth-order valence-electron chi connectivity index (χ4n) is 2.27. The van der Waals surface area contributed by atoms with E-state index in [0.717, 1.165) is 11.1 Å². The van der Waals surface area contributed by atoms with Crippen LogP contribution in [-0.2, 0) is 14.3 Å². The molecule has 1 heterocycles. The lowest BCUT2D eigenvalue weighted by molar-refractivity contribution is -0.136. The lowest BCUT2D eigenvalue weighted by Crippen LogP contribution is -2.37. The quantitative estimate of drug-likeness (QED) is 0.830. The number of rotatable bonds is 5. The van der Waals surface area contributed by atoms with Gasteiger partial charge in [-0.05, 0) is 49.2 Å². The van der Waals surface area contributed by atoms with E-state index in [1.54, 1.807) is 24.3 Å². The highest BCUT2D eigenvalue weighted by atomic mass is 16.5. The average molecular weight is 316 g/mol. The zero-order chi connectivity index (χ0) is 16.8. The molecule has 0 aliphatic rings. The van der Waals surface area contributed by atoms with Crippen molar-refractivity contribution in [1.29, 1.82) is 0 Å². The highest BCUT2D eigenvalue weighted by Gasteiger charge is 2.18. The van der Waals surface area contributed by atoms with Gasteiger partial charge in [0.25, 0.3) is 0 Å². The molecule has 2 rings (SSSR count). The van der Waals surface area contributed by atoms with Crippen LogP contribution in [0.3, 0.4) is 0 Å². The second kappa shape index (κ2) is 7.60. The van der Waals surface area contributed by atoms with Crippen LogP contribution in [0.1, 0.15) is 23.0 Å². The first-order valence-corrected chi connectivity index (χ1v) is 7.23. The predicted octanol–water partition coefficient (Wildman–Crippen LogP) is 2.34. The highest BCUT2D eigenvalue weighted by molar-refractivity contribution is 6.39. The normalized spacial score (nSPS) is 11.8. The molecule has 1 unspecified atom stereocenters. The Morgan fingerprint density at radius 3 is 2.43 bits per heavy atom. The summed E-state index contributed by atoms with van der Waals surface area (Å²) in [7, 11) is 1.51. The van der Waals surface area contributed by atoms with Gasteiger partial charge < -0.3 is 19.8 Å². The molecule has 0 saturated carbocycles. The maximum Gasteiger partial charge on any atom is 0.313 e. The summed E-state index contributed by atoms with van der Waals surface area (Å²) in [5, 5.41) is 5.12. The summed E-state index contributed by atoms with van der Waals surface area (Å²) in [4.78, 5) is 23.8. The molecule has 0 saturated heterocycles. The van der Waals surface area contributed by atoms with E-state index in [1.165, 1.54) is 13.4 Å². The third kappa shape index (κ3) is 4.69. The van der Waals surface area contributed by atoms with E-state index in [1.807, 2.05) is 19.9 Å². The fourth-order valence-corrected chi connectivity index (χ4v) is 2.27. The van der Waals surface area contributed by atoms with E-state index in [4.69, 9.17) is 9.15 Å². The number of ether oxygens (including phenoxy) is 1. The van der Waals surface area contributed by atoms with Crippen LogP contribution in [0.2, 0.25) is 0 Å². The molecular formula is C17H20N2O4. The van der Waals surface area contributed by atoms with Gasteiger partial charge in [-0.3, -0.25) is 9.59 Å². The van der Waals surface area contributed by atoms with Crippen molar-refractivity contribution < 1.29 is 18.7 Å². The topological polar surface area (TPSA) is 80.6 Å². The zero-order valence-electron chi connectivity index (χ0n) is 13.4. The summed E-state index contributed by atoms with van der Waals surface area (Å²) in [5.74, 6) is -0.857. The number of furan rings is 1. The van der Waals surface area contributed by atoms with Gasteiger partial charge in [-0.15, -0.1) is 0 Å². The predicted molar refractivity (Wildman–Crippen MR) is 86.0 cm³/mol. The van der Waals surface area contributed by atoms with Crippen LogP contribution in [0.5, 0.6) is 0 Å². The number of benzene rings is 1. The van der Waals surface area contributed by atoms with Crippen molar-refractivity contribution in [3.8, 4) is 0 Å². The Bertz CT molecular complexity index is 660. The average Bonchev–Trinajstić information content (AvgIpc) is 3.00. The molecule has 0 radical (unpaired) electrons. The van der Waals surface area contributed by atoms with Crippen LogP contribution in [0.15, 0.2) is 41.0 Å². The Balaban J connectivity index is 1.91. The minimum absolute atomic E-state index is 0.142. The molecule has 6 nitrogen and oxygen atoms in total. The summed E-state index contributed by atoms with van der Waals surface area (Å²) in [6.45, 7) is 3.99. The van der Waals surface area contributed by atoms with Gasteiger partial charge in [-0.25, -0.2) is 0 Å². The Morgan fingerprint density at radius 1 is 1.17 bits per heavy atom. The molecule has 2 aromatic rings. The number of amides is 2. The number of aryl methyl sites for hydroxylation is 2. The summed E-state index contributed by atoms with van der Waals surface area (Å²) in [5.41, 5.74) is 2.62. The molecular weight excluding hydrogens is 296 g/mol. The molecule has 6 heteroatoms. The fraction of sp³-hybridized carbons (Fsp3) is 0.294. The highest BCUT2D eigenvalue weighted by Crippen LogP contribution is 2.16. The lowest BCUT2D eigenvalue weighted by atomic mass is 10.1. The van der Waals surface area contributed by atoms with Crippen molar-refractivity contribution in [3.63, 3.8) is 0 Å². The number of carbonyl (C=O) groups is 2. The molecule has 1 aromatic carbocycles. The number of methoxy groups -OCH3 is 1. The van der Waals surface area contributed by atoms with Crippen LogP contribution in [-0.4, -0.2) is 25.5 Å². The molecule has 2 amide bonds. The van der Waals surface area contributed by atoms with Gasteiger partial charge in [0, 0.05) is 12.8 Å². The smallest absolute Gasteiger partial charge is 0.313 e. The molecule has 0 bridgehead atoms. The maximum absolute atomic E-state index is 11.9. The van der Waals surface area contributed by atoms with E-state index in [0.29, 0.717) is 11.4 Å². The van der Waals surface area contributed by atoms with Gasteiger partial charge in [0.1, 0.15) is 11.9 Å². The van der Waals surface area contributed by atoms with Crippen LogP contribution >= 0.6 is 0 Å². The number of hydrogen-bond acceptors (Lipinski definition) is 4. The molecule has 122 valence electrons. The zero-order valence-corrected chi connectivity index (χ0v) is 13.4. The van der Waals surface area contributed by atoms with Gasteiger partial charge in [0.15, 0.2) is 0 Å². The first-order chi connectivity index (χ1) is 11.0. The van der Waals surface area contributed by atoms with Crippen molar-refractivity contribution in [3.05, 3.63) is 53.5 Å². The van der Waals surface area contributed by atoms with E-state index in [2.05, 4.69) is 10.6 Å². The largest absolute Gasteiger partial charge is 0.467 e. The first kappa shape index (κ1) is 16.8. The molecule has 0 fully saturated rings. The van der Waals surface area contributed by atoms with Crippen LogP contribution < -0.4 is 10.6 Å². The van der Waals surface area contributed by atoms with Gasteiger partial charge in [-0.2, -0.15) is 0 Å². The van der Waals surface area contributed by atoms with E-state index < -0.39 is 17.9 Å². The molecule has 23 heavy (non-hydrogen) atoms. The van der Waals surface area contributed by atoms with Gasteiger partial charge in [-0.1, -0.05) is 6.07 Å². The maximum atomic E-state index is 11.9. The molecule has 2 N–H and O–H groups in total. The van der Waals surface area contributed by atoms with Crippen LogP contribution in [0.25, 0.3) is 0 Å². The Morgan fingerprint density at radius 2 is 1.87 bits per heavy atom. The Hall–Kier alpha value is -2.60. The third-order valence-corrected chi connectivity index (χ3v) is 3.28. The minimum Gasteiger partial charge on any atom is -0.467 e. The van der Waals surface area contributed by atoms with E-state index >= 15 is 0 Å². The monoisotopic (exact) mass is 316 g/mol. The lowest BCUT2D eigenvalue weighted by Gasteiger charge is -2.13. The Kier molecular flexibility index (Phi) is 5.54. The van der Waals surface area contributed by atoms with Crippen molar-refractivity contribution in [1.82, 2.24) is 5.32 Å². The number of nitrogens with one attached hydrogen (secondary N) is 2. The number of hydrogen-bond donors (Lipinski definition) is 2. The molecule has 0 aliphatic carbocycles. The van der Waals surface area contributed by atoms with E-state index in [9.17, 15) is 9.59 Å². The molecule has 0 spiro atoms. The summed E-state index contributed by atoms with van der Waals surface area (Å²) in [6, 6.07) is 9.08. The van der Waals surface area contributed by atoms with Crippen molar-refractivity contribution in [2.24, 2.45) is 0 Å². The van der Waals surface area contributed by atoms with Gasteiger partial charge in [0.2, 0.25) is 0 Å². The SMILES string of the molecule is COC(CNC(=O)C(=O)Nc1cc(C)cc(C)c1)c1ccco1. The molecule has 1 aromatic heterocycles. The van der Waals surface area contributed by atoms with Crippen LogP contribution in [0, 0.1) is 13.8 Å². The minimum atomic E-state index is -0.724. The first-order valence-electron chi connectivity index (χ1n) is 7.23.